The van der Waals surface area contributed by atoms with Gasteiger partial charge in [0.2, 0.25) is 5.91 Å². The number of aromatic nitrogens is 1. The summed E-state index contributed by atoms with van der Waals surface area (Å²) in [5.41, 5.74) is 2.20. The first-order chi connectivity index (χ1) is 15.1. The monoisotopic (exact) mass is 417 g/mol. The molecule has 1 aromatic carbocycles. The number of pyridine rings is 1. The number of amides is 2. The van der Waals surface area contributed by atoms with E-state index in [1.807, 2.05) is 11.0 Å². The van der Waals surface area contributed by atoms with Crippen LogP contribution in [0, 0.1) is 11.3 Å². The molecule has 2 amide bonds. The lowest BCUT2D eigenvalue weighted by molar-refractivity contribution is -0.123. The summed E-state index contributed by atoms with van der Waals surface area (Å²) in [4.78, 5) is 31.7. The average Bonchev–Trinajstić information content (AvgIpc) is 3.30. The van der Waals surface area contributed by atoms with Gasteiger partial charge < -0.3 is 10.2 Å². The molecule has 3 aliphatic rings. The Kier molecular flexibility index (Phi) is 5.28. The zero-order valence-corrected chi connectivity index (χ0v) is 18.1. The molecule has 5 heteroatoms. The van der Waals surface area contributed by atoms with Crippen molar-refractivity contribution in [1.82, 2.24) is 15.2 Å². The van der Waals surface area contributed by atoms with Crippen LogP contribution in [0.2, 0.25) is 0 Å². The van der Waals surface area contributed by atoms with Gasteiger partial charge in [-0.05, 0) is 55.2 Å². The van der Waals surface area contributed by atoms with Crippen molar-refractivity contribution in [3.8, 4) is 0 Å². The third-order valence-corrected chi connectivity index (χ3v) is 8.01. The minimum atomic E-state index is 0.0515. The number of likely N-dealkylation sites (tertiary alicyclic amines) is 1. The Morgan fingerprint density at radius 2 is 1.74 bits per heavy atom. The van der Waals surface area contributed by atoms with Crippen LogP contribution >= 0.6 is 0 Å². The summed E-state index contributed by atoms with van der Waals surface area (Å²) < 4.78 is 0. The van der Waals surface area contributed by atoms with Gasteiger partial charge in [0.1, 0.15) is 0 Å². The van der Waals surface area contributed by atoms with Crippen molar-refractivity contribution in [3.05, 3.63) is 66.0 Å². The Hall–Kier alpha value is -2.69. The predicted octanol–water partition coefficient (Wildman–Crippen LogP) is 3.95. The highest BCUT2D eigenvalue weighted by molar-refractivity contribution is 5.94. The third kappa shape index (κ3) is 3.86. The number of carbonyl (C=O) groups is 2. The Labute approximate surface area is 184 Å². The van der Waals surface area contributed by atoms with Crippen LogP contribution in [0.1, 0.15) is 60.9 Å². The minimum absolute atomic E-state index is 0.0515. The zero-order valence-electron chi connectivity index (χ0n) is 18.1. The second-order valence-corrected chi connectivity index (χ2v) is 9.72. The summed E-state index contributed by atoms with van der Waals surface area (Å²) in [5, 5.41) is 3.33. The summed E-state index contributed by atoms with van der Waals surface area (Å²) in [6.45, 7) is 2.20. The molecule has 1 spiro atoms. The van der Waals surface area contributed by atoms with Crippen LogP contribution in [0.4, 0.5) is 0 Å². The van der Waals surface area contributed by atoms with E-state index in [1.54, 1.807) is 18.5 Å². The number of hydrogen-bond acceptors (Lipinski definition) is 3. The molecule has 31 heavy (non-hydrogen) atoms. The van der Waals surface area contributed by atoms with Crippen molar-refractivity contribution >= 4 is 11.8 Å². The van der Waals surface area contributed by atoms with Crippen molar-refractivity contribution in [1.29, 1.82) is 0 Å². The Balaban J connectivity index is 1.16. The zero-order chi connectivity index (χ0) is 21.3. The molecule has 162 valence electrons. The minimum Gasteiger partial charge on any atom is -0.355 e. The molecule has 2 aliphatic carbocycles. The van der Waals surface area contributed by atoms with Gasteiger partial charge in [-0.3, -0.25) is 14.6 Å². The van der Waals surface area contributed by atoms with Gasteiger partial charge in [0.15, 0.2) is 0 Å². The number of carbonyl (C=O) groups excluding carboxylic acids is 2. The smallest absolute Gasteiger partial charge is 0.255 e. The molecule has 1 atom stereocenters. The molecule has 1 N–H and O–H groups in total. The van der Waals surface area contributed by atoms with Gasteiger partial charge in [-0.1, -0.05) is 43.2 Å². The Bertz CT molecular complexity index is 930. The standard InChI is InChI=1S/C26H31N3O2/c30-23(28-19-26(10-4-5-11-26)21-8-2-1-3-9-21)22-17-25(22)12-15-29(16-13-25)24(31)20-7-6-14-27-18-20/h1-3,6-9,14,18,22H,4-5,10-13,15-17,19H2,(H,28,30)/t22-/m1/s1. The van der Waals surface area contributed by atoms with E-state index < -0.39 is 0 Å². The first-order valence-corrected chi connectivity index (χ1v) is 11.6. The van der Waals surface area contributed by atoms with Gasteiger partial charge in [0.25, 0.3) is 5.91 Å². The topological polar surface area (TPSA) is 62.3 Å². The maximum Gasteiger partial charge on any atom is 0.255 e. The molecule has 2 heterocycles. The average molecular weight is 418 g/mol. The fraction of sp³-hybridized carbons (Fsp3) is 0.500. The Morgan fingerprint density at radius 3 is 2.42 bits per heavy atom. The largest absolute Gasteiger partial charge is 0.355 e. The van der Waals surface area contributed by atoms with Crippen molar-refractivity contribution in [3.63, 3.8) is 0 Å². The van der Waals surface area contributed by atoms with E-state index in [-0.39, 0.29) is 28.6 Å². The van der Waals surface area contributed by atoms with Gasteiger partial charge in [-0.25, -0.2) is 0 Å². The number of nitrogens with one attached hydrogen (secondary N) is 1. The normalized spacial score (nSPS) is 23.5. The van der Waals surface area contributed by atoms with Crippen LogP contribution in [-0.4, -0.2) is 41.3 Å². The van der Waals surface area contributed by atoms with Gasteiger partial charge >= 0.3 is 0 Å². The molecule has 0 bridgehead atoms. The van der Waals surface area contributed by atoms with Gasteiger partial charge in [0, 0.05) is 43.4 Å². The highest BCUT2D eigenvalue weighted by atomic mass is 16.2. The van der Waals surface area contributed by atoms with Crippen LogP contribution < -0.4 is 5.32 Å². The fourth-order valence-electron chi connectivity index (χ4n) is 5.89. The highest BCUT2D eigenvalue weighted by Crippen LogP contribution is 2.59. The van der Waals surface area contributed by atoms with E-state index in [4.69, 9.17) is 0 Å². The van der Waals surface area contributed by atoms with E-state index in [1.165, 1.54) is 18.4 Å². The number of nitrogens with zero attached hydrogens (tertiary/aromatic N) is 2. The van der Waals surface area contributed by atoms with Crippen molar-refractivity contribution in [2.75, 3.05) is 19.6 Å². The lowest BCUT2D eigenvalue weighted by atomic mass is 9.78. The van der Waals surface area contributed by atoms with Crippen LogP contribution in [0.5, 0.6) is 0 Å². The van der Waals surface area contributed by atoms with Gasteiger partial charge in [-0.2, -0.15) is 0 Å². The van der Waals surface area contributed by atoms with Crippen LogP contribution in [0.25, 0.3) is 0 Å². The number of piperidine rings is 1. The molecule has 2 aromatic rings. The van der Waals surface area contributed by atoms with E-state index >= 15 is 0 Å². The number of rotatable bonds is 5. The number of benzene rings is 1. The molecule has 0 unspecified atom stereocenters. The first kappa shape index (κ1) is 20.2. The van der Waals surface area contributed by atoms with Gasteiger partial charge in [-0.15, -0.1) is 0 Å². The lowest BCUT2D eigenvalue weighted by Crippen LogP contribution is -2.42. The maximum absolute atomic E-state index is 13.0. The summed E-state index contributed by atoms with van der Waals surface area (Å²) in [6.07, 6.45) is 10.9. The van der Waals surface area contributed by atoms with Crippen LogP contribution in [0.15, 0.2) is 54.9 Å². The molecule has 1 aliphatic heterocycles. The molecule has 1 saturated heterocycles. The van der Waals surface area contributed by atoms with Crippen LogP contribution in [0.3, 0.4) is 0 Å². The SMILES string of the molecule is O=C(NCC1(c2ccccc2)CCCC1)[C@H]1CC12CCN(C(=O)c1cccnc1)CC2. The summed E-state index contributed by atoms with van der Waals surface area (Å²) in [5.74, 6) is 0.377. The lowest BCUT2D eigenvalue weighted by Gasteiger charge is -2.33. The van der Waals surface area contributed by atoms with Crippen molar-refractivity contribution in [2.45, 2.75) is 50.4 Å². The van der Waals surface area contributed by atoms with E-state index in [9.17, 15) is 9.59 Å². The molecule has 5 nitrogen and oxygen atoms in total. The summed E-state index contributed by atoms with van der Waals surface area (Å²) >= 11 is 0. The molecule has 2 saturated carbocycles. The summed E-state index contributed by atoms with van der Waals surface area (Å²) in [6, 6.07) is 14.3. The quantitative estimate of drug-likeness (QED) is 0.801. The maximum atomic E-state index is 13.0. The highest BCUT2D eigenvalue weighted by Gasteiger charge is 2.58. The molecular weight excluding hydrogens is 386 g/mol. The van der Waals surface area contributed by atoms with E-state index in [0.717, 1.165) is 51.7 Å². The predicted molar refractivity (Wildman–Crippen MR) is 120 cm³/mol. The van der Waals surface area contributed by atoms with Crippen molar-refractivity contribution in [2.24, 2.45) is 11.3 Å². The molecule has 5 rings (SSSR count). The van der Waals surface area contributed by atoms with Crippen molar-refractivity contribution < 1.29 is 9.59 Å². The van der Waals surface area contributed by atoms with E-state index in [2.05, 4.69) is 40.6 Å². The summed E-state index contributed by atoms with van der Waals surface area (Å²) in [7, 11) is 0. The second kappa shape index (κ2) is 8.10. The first-order valence-electron chi connectivity index (χ1n) is 11.6. The molecule has 0 radical (unpaired) electrons. The fourth-order valence-corrected chi connectivity index (χ4v) is 5.89. The molecule has 1 aromatic heterocycles. The second-order valence-electron chi connectivity index (χ2n) is 9.72. The third-order valence-electron chi connectivity index (χ3n) is 8.01. The number of hydrogen-bond donors (Lipinski definition) is 1. The van der Waals surface area contributed by atoms with Gasteiger partial charge in [0.05, 0.1) is 5.56 Å². The van der Waals surface area contributed by atoms with Crippen LogP contribution in [-0.2, 0) is 10.2 Å². The molecule has 3 fully saturated rings. The Morgan fingerprint density at radius 1 is 1.00 bits per heavy atom. The van der Waals surface area contributed by atoms with E-state index in [0.29, 0.717) is 5.56 Å². The molecular formula is C26H31N3O2.